The zero-order chi connectivity index (χ0) is 21.3. The molecule has 160 valence electrons. The van der Waals surface area contributed by atoms with Gasteiger partial charge in [0, 0.05) is 15.2 Å². The highest BCUT2D eigenvalue weighted by atomic mass is 32.2. The molecule has 2 unspecified atom stereocenters. The van der Waals surface area contributed by atoms with Crippen LogP contribution in [0.4, 0.5) is 0 Å². The van der Waals surface area contributed by atoms with Gasteiger partial charge in [-0.1, -0.05) is 18.2 Å². The lowest BCUT2D eigenvalue weighted by Crippen LogP contribution is -2.51. The van der Waals surface area contributed by atoms with Crippen LogP contribution in [0, 0.1) is 5.92 Å². The summed E-state index contributed by atoms with van der Waals surface area (Å²) in [5.41, 5.74) is 1.39. The standard InChI is InChI=1S/C24H29NO4S/c1-15(2)29-18-9-8-16(14-19(18)28-3)22(26)21-23(27)17-6-4-5-7-20(17)30-24(21)10-12-25-13-11-24/h4-9,14-15,21,23,25,27H,10-13H2,1-3H3. The third kappa shape index (κ3) is 3.84. The molecule has 0 bridgehead atoms. The van der Waals surface area contributed by atoms with Gasteiger partial charge in [0.25, 0.3) is 0 Å². The molecule has 0 radical (unpaired) electrons. The van der Waals surface area contributed by atoms with Crippen LogP contribution in [0.5, 0.6) is 11.5 Å². The fourth-order valence-corrected chi connectivity index (χ4v) is 6.23. The lowest BCUT2D eigenvalue weighted by molar-refractivity contribution is 0.0500. The van der Waals surface area contributed by atoms with E-state index in [1.807, 2.05) is 32.0 Å². The molecule has 30 heavy (non-hydrogen) atoms. The second-order valence-corrected chi connectivity index (χ2v) is 9.73. The van der Waals surface area contributed by atoms with Gasteiger partial charge in [-0.25, -0.2) is 0 Å². The number of ketones is 1. The van der Waals surface area contributed by atoms with E-state index in [4.69, 9.17) is 9.47 Å². The van der Waals surface area contributed by atoms with Crippen molar-refractivity contribution in [3.05, 3.63) is 53.6 Å². The molecule has 2 N–H and O–H groups in total. The molecule has 6 heteroatoms. The summed E-state index contributed by atoms with van der Waals surface area (Å²) in [6.45, 7) is 5.59. The fourth-order valence-electron chi connectivity index (χ4n) is 4.56. The molecule has 0 amide bonds. The van der Waals surface area contributed by atoms with Crippen molar-refractivity contribution in [1.82, 2.24) is 5.32 Å². The van der Waals surface area contributed by atoms with Crippen LogP contribution >= 0.6 is 11.8 Å². The molecule has 0 saturated carbocycles. The monoisotopic (exact) mass is 427 g/mol. The first-order valence-electron chi connectivity index (χ1n) is 10.5. The summed E-state index contributed by atoms with van der Waals surface area (Å²) in [5.74, 6) is 0.596. The summed E-state index contributed by atoms with van der Waals surface area (Å²) in [5, 5.41) is 14.8. The van der Waals surface area contributed by atoms with Gasteiger partial charge < -0.3 is 19.9 Å². The van der Waals surface area contributed by atoms with Crippen LogP contribution in [-0.4, -0.2) is 41.9 Å². The molecular formula is C24H29NO4S. The predicted molar refractivity (Wildman–Crippen MR) is 119 cm³/mol. The van der Waals surface area contributed by atoms with Crippen LogP contribution in [0.25, 0.3) is 0 Å². The van der Waals surface area contributed by atoms with Gasteiger partial charge in [0.2, 0.25) is 0 Å². The van der Waals surface area contributed by atoms with Gasteiger partial charge >= 0.3 is 0 Å². The lowest BCUT2D eigenvalue weighted by Gasteiger charge is -2.48. The number of Topliss-reactive ketones (excluding diaryl/α,β-unsaturated/α-hetero) is 1. The number of rotatable bonds is 5. The number of fused-ring (bicyclic) bond motifs is 1. The van der Waals surface area contributed by atoms with Crippen molar-refractivity contribution in [2.75, 3.05) is 20.2 Å². The number of thioether (sulfide) groups is 1. The fraction of sp³-hybridized carbons (Fsp3) is 0.458. The molecule has 2 aliphatic rings. The number of carbonyl (C=O) groups excluding carboxylic acids is 1. The molecule has 5 nitrogen and oxygen atoms in total. The third-order valence-corrected chi connectivity index (χ3v) is 7.64. The number of hydrogen-bond donors (Lipinski definition) is 2. The Labute approximate surface area is 182 Å². The summed E-state index contributed by atoms with van der Waals surface area (Å²) >= 11 is 1.76. The minimum Gasteiger partial charge on any atom is -0.493 e. The summed E-state index contributed by atoms with van der Waals surface area (Å²) in [6.07, 6.45) is 0.855. The van der Waals surface area contributed by atoms with E-state index in [1.165, 1.54) is 0 Å². The Morgan fingerprint density at radius 1 is 1.17 bits per heavy atom. The number of aliphatic hydroxyl groups is 1. The second kappa shape index (κ2) is 8.61. The molecule has 2 heterocycles. The molecule has 2 atom stereocenters. The number of aliphatic hydroxyl groups excluding tert-OH is 1. The van der Waals surface area contributed by atoms with E-state index < -0.39 is 12.0 Å². The van der Waals surface area contributed by atoms with Crippen molar-refractivity contribution in [3.63, 3.8) is 0 Å². The Balaban J connectivity index is 1.74. The SMILES string of the molecule is COc1cc(C(=O)C2C(O)c3ccccc3SC23CCNCC3)ccc1OC(C)C. The Hall–Kier alpha value is -2.02. The van der Waals surface area contributed by atoms with Crippen molar-refractivity contribution in [2.24, 2.45) is 5.92 Å². The molecule has 1 fully saturated rings. The largest absolute Gasteiger partial charge is 0.493 e. The Kier molecular flexibility index (Phi) is 6.09. The molecule has 1 spiro atoms. The lowest BCUT2D eigenvalue weighted by atomic mass is 9.74. The van der Waals surface area contributed by atoms with Gasteiger partial charge in [0.15, 0.2) is 17.3 Å². The summed E-state index contributed by atoms with van der Waals surface area (Å²) in [4.78, 5) is 14.9. The number of nitrogens with one attached hydrogen (secondary N) is 1. The van der Waals surface area contributed by atoms with E-state index in [0.717, 1.165) is 36.4 Å². The minimum absolute atomic E-state index is 0.00604. The van der Waals surface area contributed by atoms with Gasteiger partial charge in [0.1, 0.15) is 0 Å². The Morgan fingerprint density at radius 3 is 2.60 bits per heavy atom. The average molecular weight is 428 g/mol. The quantitative estimate of drug-likeness (QED) is 0.696. The molecule has 0 aromatic heterocycles. The van der Waals surface area contributed by atoms with Gasteiger partial charge in [-0.2, -0.15) is 0 Å². The molecular weight excluding hydrogens is 398 g/mol. The van der Waals surface area contributed by atoms with Gasteiger partial charge in [-0.3, -0.25) is 4.79 Å². The number of ether oxygens (including phenoxy) is 2. The Bertz CT molecular complexity index is 923. The van der Waals surface area contributed by atoms with Crippen LogP contribution in [0.2, 0.25) is 0 Å². The van der Waals surface area contributed by atoms with E-state index in [1.54, 1.807) is 37.1 Å². The average Bonchev–Trinajstić information content (AvgIpc) is 2.74. The molecule has 2 aromatic carbocycles. The second-order valence-electron chi connectivity index (χ2n) is 8.27. The smallest absolute Gasteiger partial charge is 0.170 e. The van der Waals surface area contributed by atoms with E-state index in [9.17, 15) is 9.90 Å². The molecule has 4 rings (SSSR count). The van der Waals surface area contributed by atoms with Crippen LogP contribution in [0.1, 0.15) is 48.7 Å². The normalized spacial score (nSPS) is 22.6. The van der Waals surface area contributed by atoms with E-state index in [2.05, 4.69) is 11.4 Å². The number of hydrogen-bond acceptors (Lipinski definition) is 6. The van der Waals surface area contributed by atoms with Crippen LogP contribution in [0.15, 0.2) is 47.4 Å². The van der Waals surface area contributed by atoms with Crippen molar-refractivity contribution in [1.29, 1.82) is 0 Å². The minimum atomic E-state index is -0.828. The van der Waals surface area contributed by atoms with Crippen molar-refractivity contribution < 1.29 is 19.4 Å². The van der Waals surface area contributed by atoms with E-state index in [-0.39, 0.29) is 16.6 Å². The predicted octanol–water partition coefficient (Wildman–Crippen LogP) is 4.24. The first-order chi connectivity index (χ1) is 14.4. The topological polar surface area (TPSA) is 67.8 Å². The Morgan fingerprint density at radius 2 is 1.90 bits per heavy atom. The maximum Gasteiger partial charge on any atom is 0.170 e. The molecule has 2 aromatic rings. The van der Waals surface area contributed by atoms with Gasteiger partial charge in [-0.15, -0.1) is 11.8 Å². The number of carbonyl (C=O) groups is 1. The molecule has 0 aliphatic carbocycles. The maximum atomic E-state index is 13.8. The first-order valence-corrected chi connectivity index (χ1v) is 11.3. The zero-order valence-corrected chi connectivity index (χ0v) is 18.5. The van der Waals surface area contributed by atoms with Gasteiger partial charge in [0.05, 0.1) is 25.2 Å². The van der Waals surface area contributed by atoms with Crippen LogP contribution < -0.4 is 14.8 Å². The highest BCUT2D eigenvalue weighted by Gasteiger charge is 2.52. The maximum absolute atomic E-state index is 13.8. The summed E-state index contributed by atoms with van der Waals surface area (Å²) < 4.78 is 11.0. The van der Waals surface area contributed by atoms with Crippen LogP contribution in [-0.2, 0) is 0 Å². The van der Waals surface area contributed by atoms with E-state index >= 15 is 0 Å². The number of piperidine rings is 1. The summed E-state index contributed by atoms with van der Waals surface area (Å²) in [7, 11) is 1.58. The number of methoxy groups -OCH3 is 1. The van der Waals surface area contributed by atoms with E-state index in [0.29, 0.717) is 17.1 Å². The first kappa shape index (κ1) is 21.2. The third-order valence-electron chi connectivity index (χ3n) is 5.98. The zero-order valence-electron chi connectivity index (χ0n) is 17.7. The van der Waals surface area contributed by atoms with Crippen LogP contribution in [0.3, 0.4) is 0 Å². The summed E-state index contributed by atoms with van der Waals surface area (Å²) in [6, 6.07) is 13.2. The highest BCUT2D eigenvalue weighted by Crippen LogP contribution is 2.56. The molecule has 1 saturated heterocycles. The van der Waals surface area contributed by atoms with Crippen molar-refractivity contribution >= 4 is 17.5 Å². The van der Waals surface area contributed by atoms with Crippen molar-refractivity contribution in [3.8, 4) is 11.5 Å². The van der Waals surface area contributed by atoms with Gasteiger partial charge in [-0.05, 0) is 69.6 Å². The number of benzene rings is 2. The van der Waals surface area contributed by atoms with Crippen molar-refractivity contribution in [2.45, 2.75) is 48.5 Å². The highest BCUT2D eigenvalue weighted by molar-refractivity contribution is 8.00. The molecule has 2 aliphatic heterocycles.